The van der Waals surface area contributed by atoms with Crippen molar-refractivity contribution in [3.8, 4) is 5.75 Å². The minimum Gasteiger partial charge on any atom is -0.487 e. The predicted octanol–water partition coefficient (Wildman–Crippen LogP) is 2.98. The lowest BCUT2D eigenvalue weighted by Crippen LogP contribution is -2.10. The Labute approximate surface area is 155 Å². The van der Waals surface area contributed by atoms with Gasteiger partial charge in [-0.25, -0.2) is 4.98 Å². The summed E-state index contributed by atoms with van der Waals surface area (Å²) in [5.41, 5.74) is 2.33. The molecule has 1 unspecified atom stereocenters. The SMILES string of the molecule is O=c1[nH]cnc2c(OCc3ccccc3)cc(C(O)c3cccnc3)cc12. The normalized spacial score (nSPS) is 12.0. The quantitative estimate of drug-likeness (QED) is 0.572. The van der Waals surface area contributed by atoms with Crippen LogP contribution in [-0.4, -0.2) is 20.1 Å². The molecule has 2 heterocycles. The smallest absolute Gasteiger partial charge is 0.258 e. The maximum Gasteiger partial charge on any atom is 0.258 e. The molecule has 0 spiro atoms. The number of aromatic amines is 1. The van der Waals surface area contributed by atoms with E-state index in [1.807, 2.05) is 30.3 Å². The van der Waals surface area contributed by atoms with Gasteiger partial charge in [-0.05, 0) is 29.3 Å². The van der Waals surface area contributed by atoms with Crippen LogP contribution in [0.25, 0.3) is 10.9 Å². The molecule has 2 aromatic heterocycles. The van der Waals surface area contributed by atoms with Crippen LogP contribution in [0.4, 0.5) is 0 Å². The highest BCUT2D eigenvalue weighted by molar-refractivity contribution is 5.84. The molecule has 2 N–H and O–H groups in total. The van der Waals surface area contributed by atoms with Crippen molar-refractivity contribution in [2.24, 2.45) is 0 Å². The van der Waals surface area contributed by atoms with E-state index in [1.54, 1.807) is 36.7 Å². The molecule has 0 aliphatic heterocycles. The van der Waals surface area contributed by atoms with E-state index in [1.165, 1.54) is 6.33 Å². The predicted molar refractivity (Wildman–Crippen MR) is 101 cm³/mol. The van der Waals surface area contributed by atoms with E-state index in [4.69, 9.17) is 4.74 Å². The topological polar surface area (TPSA) is 88.1 Å². The van der Waals surface area contributed by atoms with Gasteiger partial charge >= 0.3 is 0 Å². The number of H-pyrrole nitrogens is 1. The van der Waals surface area contributed by atoms with Crippen molar-refractivity contribution < 1.29 is 9.84 Å². The fraction of sp³-hybridized carbons (Fsp3) is 0.0952. The number of rotatable bonds is 5. The molecule has 6 heteroatoms. The van der Waals surface area contributed by atoms with Crippen LogP contribution < -0.4 is 10.3 Å². The fourth-order valence-corrected chi connectivity index (χ4v) is 2.90. The third kappa shape index (κ3) is 3.56. The molecule has 0 aliphatic rings. The Morgan fingerprint density at radius 3 is 2.70 bits per heavy atom. The van der Waals surface area contributed by atoms with E-state index >= 15 is 0 Å². The number of aliphatic hydroxyl groups is 1. The average molecular weight is 359 g/mol. The van der Waals surface area contributed by atoms with Crippen LogP contribution in [0.2, 0.25) is 0 Å². The molecule has 0 bridgehead atoms. The van der Waals surface area contributed by atoms with Gasteiger partial charge in [-0.1, -0.05) is 36.4 Å². The van der Waals surface area contributed by atoms with Gasteiger partial charge in [0.15, 0.2) is 0 Å². The van der Waals surface area contributed by atoms with Gasteiger partial charge in [-0.2, -0.15) is 0 Å². The summed E-state index contributed by atoms with van der Waals surface area (Å²) in [6, 6.07) is 16.6. The summed E-state index contributed by atoms with van der Waals surface area (Å²) >= 11 is 0. The minimum absolute atomic E-state index is 0.287. The van der Waals surface area contributed by atoms with E-state index in [0.29, 0.717) is 34.4 Å². The number of nitrogens with zero attached hydrogens (tertiary/aromatic N) is 2. The molecule has 6 nitrogen and oxygen atoms in total. The van der Waals surface area contributed by atoms with Crippen molar-refractivity contribution in [3.63, 3.8) is 0 Å². The van der Waals surface area contributed by atoms with Crippen molar-refractivity contribution in [3.05, 3.63) is 100 Å². The van der Waals surface area contributed by atoms with Crippen molar-refractivity contribution in [2.75, 3.05) is 0 Å². The first-order chi connectivity index (χ1) is 13.2. The van der Waals surface area contributed by atoms with Gasteiger partial charge in [0.05, 0.1) is 11.7 Å². The molecule has 0 saturated heterocycles. The second kappa shape index (κ2) is 7.39. The Hall–Kier alpha value is -3.51. The molecule has 0 radical (unpaired) electrons. The summed E-state index contributed by atoms with van der Waals surface area (Å²) in [6.07, 6.45) is 3.64. The number of fused-ring (bicyclic) bond motifs is 1. The molecule has 134 valence electrons. The van der Waals surface area contributed by atoms with Crippen LogP contribution in [0, 0.1) is 0 Å². The van der Waals surface area contributed by atoms with Crippen molar-refractivity contribution in [2.45, 2.75) is 12.7 Å². The first-order valence-corrected chi connectivity index (χ1v) is 8.48. The van der Waals surface area contributed by atoms with Gasteiger partial charge in [0.25, 0.3) is 5.56 Å². The zero-order valence-corrected chi connectivity index (χ0v) is 14.4. The number of hydrogen-bond donors (Lipinski definition) is 2. The number of ether oxygens (including phenoxy) is 1. The summed E-state index contributed by atoms with van der Waals surface area (Å²) in [4.78, 5) is 23.1. The maximum absolute atomic E-state index is 12.3. The molecule has 4 aromatic rings. The Kier molecular flexibility index (Phi) is 4.63. The molecule has 0 saturated carbocycles. The van der Waals surface area contributed by atoms with Crippen LogP contribution in [0.15, 0.2) is 78.1 Å². The zero-order chi connectivity index (χ0) is 18.6. The van der Waals surface area contributed by atoms with Gasteiger partial charge in [0.1, 0.15) is 24.0 Å². The number of pyridine rings is 1. The summed E-state index contributed by atoms with van der Waals surface area (Å²) in [5.74, 6) is 0.445. The van der Waals surface area contributed by atoms with Crippen LogP contribution in [0.5, 0.6) is 5.75 Å². The highest BCUT2D eigenvalue weighted by atomic mass is 16.5. The Balaban J connectivity index is 1.77. The molecule has 1 atom stereocenters. The number of hydrogen-bond acceptors (Lipinski definition) is 5. The number of benzene rings is 2. The Morgan fingerprint density at radius 1 is 1.07 bits per heavy atom. The highest BCUT2D eigenvalue weighted by Crippen LogP contribution is 2.30. The van der Waals surface area contributed by atoms with Crippen molar-refractivity contribution in [1.29, 1.82) is 0 Å². The van der Waals surface area contributed by atoms with Gasteiger partial charge < -0.3 is 14.8 Å². The third-order valence-corrected chi connectivity index (χ3v) is 4.28. The number of nitrogens with one attached hydrogen (secondary N) is 1. The van der Waals surface area contributed by atoms with Crippen molar-refractivity contribution in [1.82, 2.24) is 15.0 Å². The minimum atomic E-state index is -0.929. The van der Waals surface area contributed by atoms with Gasteiger partial charge in [0, 0.05) is 18.0 Å². The Bertz CT molecular complexity index is 1110. The van der Waals surface area contributed by atoms with Crippen LogP contribution in [0.1, 0.15) is 22.8 Å². The van der Waals surface area contributed by atoms with E-state index in [0.717, 1.165) is 5.56 Å². The molecular weight excluding hydrogens is 342 g/mol. The molecule has 2 aromatic carbocycles. The summed E-state index contributed by atoms with van der Waals surface area (Å²) in [5, 5.41) is 11.1. The first-order valence-electron chi connectivity index (χ1n) is 8.48. The molecular formula is C21H17N3O3. The summed E-state index contributed by atoms with van der Waals surface area (Å²) in [6.45, 7) is 0.330. The number of aliphatic hydroxyl groups excluding tert-OH is 1. The first kappa shape index (κ1) is 16.9. The van der Waals surface area contributed by atoms with E-state index in [9.17, 15) is 9.90 Å². The number of aromatic nitrogens is 3. The zero-order valence-electron chi connectivity index (χ0n) is 14.4. The Morgan fingerprint density at radius 2 is 1.93 bits per heavy atom. The molecule has 4 rings (SSSR count). The second-order valence-electron chi connectivity index (χ2n) is 6.11. The molecule has 0 fully saturated rings. The maximum atomic E-state index is 12.3. The van der Waals surface area contributed by atoms with Crippen LogP contribution in [0.3, 0.4) is 0 Å². The van der Waals surface area contributed by atoms with Crippen molar-refractivity contribution >= 4 is 10.9 Å². The summed E-state index contributed by atoms with van der Waals surface area (Å²) in [7, 11) is 0. The average Bonchev–Trinajstić information content (AvgIpc) is 2.73. The fourth-order valence-electron chi connectivity index (χ4n) is 2.90. The van der Waals surface area contributed by atoms with Crippen LogP contribution in [-0.2, 0) is 6.61 Å². The van der Waals surface area contributed by atoms with Gasteiger partial charge in [-0.3, -0.25) is 9.78 Å². The lowest BCUT2D eigenvalue weighted by Gasteiger charge is -2.15. The highest BCUT2D eigenvalue weighted by Gasteiger charge is 2.16. The monoisotopic (exact) mass is 359 g/mol. The van der Waals surface area contributed by atoms with Gasteiger partial charge in [0.2, 0.25) is 0 Å². The largest absolute Gasteiger partial charge is 0.487 e. The molecule has 0 amide bonds. The molecule has 27 heavy (non-hydrogen) atoms. The lowest BCUT2D eigenvalue weighted by atomic mass is 10.0. The standard InChI is InChI=1S/C21H17N3O3/c25-20(15-7-4-8-22-11-15)16-9-17-19(23-13-24-21(17)26)18(10-16)27-12-14-5-2-1-3-6-14/h1-11,13,20,25H,12H2,(H,23,24,26). The molecule has 0 aliphatic carbocycles. The summed E-state index contributed by atoms with van der Waals surface area (Å²) < 4.78 is 5.95. The van der Waals surface area contributed by atoms with E-state index < -0.39 is 6.10 Å². The second-order valence-corrected chi connectivity index (χ2v) is 6.11. The van der Waals surface area contributed by atoms with Crippen LogP contribution >= 0.6 is 0 Å². The van der Waals surface area contributed by atoms with Gasteiger partial charge in [-0.15, -0.1) is 0 Å². The third-order valence-electron chi connectivity index (χ3n) is 4.28. The van der Waals surface area contributed by atoms with E-state index in [-0.39, 0.29) is 5.56 Å². The lowest BCUT2D eigenvalue weighted by molar-refractivity contribution is 0.219. The van der Waals surface area contributed by atoms with E-state index in [2.05, 4.69) is 15.0 Å².